The normalized spacial score (nSPS) is 17.9. The number of benzene rings is 2. The Morgan fingerprint density at radius 3 is 2.41 bits per heavy atom. The van der Waals surface area contributed by atoms with Crippen LogP contribution in [-0.4, -0.2) is 18.9 Å². The maximum absolute atomic E-state index is 13.1. The minimum absolute atomic E-state index is 0.00555. The number of nitrogens with zero attached hydrogens (tertiary/aromatic N) is 1. The van der Waals surface area contributed by atoms with Crippen molar-refractivity contribution >= 4 is 39.5 Å². The molecule has 0 radical (unpaired) electrons. The topological polar surface area (TPSA) is 80.7 Å². The minimum atomic E-state index is -0.710. The van der Waals surface area contributed by atoms with Crippen LogP contribution in [0.25, 0.3) is 28.0 Å². The zero-order valence-electron chi connectivity index (χ0n) is 21.5. The molecule has 6 heteroatoms. The minimum Gasteiger partial charge on any atom is -0.422 e. The summed E-state index contributed by atoms with van der Waals surface area (Å²) < 4.78 is 11.2. The fourth-order valence-corrected chi connectivity index (χ4v) is 5.77. The lowest BCUT2D eigenvalue weighted by Gasteiger charge is -2.48. The number of hydrogen-bond acceptors (Lipinski definition) is 6. The number of anilines is 1. The molecule has 0 fully saturated rings. The molecule has 2 aromatic carbocycles. The second-order valence-electron chi connectivity index (χ2n) is 11.5. The van der Waals surface area contributed by atoms with Crippen LogP contribution in [0.4, 0.5) is 5.69 Å². The first-order chi connectivity index (χ1) is 17.5. The second-order valence-corrected chi connectivity index (χ2v) is 11.5. The average Bonchev–Trinajstić information content (AvgIpc) is 2.85. The summed E-state index contributed by atoms with van der Waals surface area (Å²) in [5.41, 5.74) is 3.42. The van der Waals surface area contributed by atoms with Crippen molar-refractivity contribution in [3.63, 3.8) is 0 Å². The van der Waals surface area contributed by atoms with Crippen molar-refractivity contribution in [1.29, 1.82) is 0 Å². The number of hydrogen-bond donors (Lipinski definition) is 0. The lowest BCUT2D eigenvalue weighted by atomic mass is 9.69. The zero-order chi connectivity index (χ0) is 26.1. The van der Waals surface area contributed by atoms with E-state index in [0.717, 1.165) is 36.9 Å². The van der Waals surface area contributed by atoms with Crippen LogP contribution in [0.2, 0.25) is 0 Å². The van der Waals surface area contributed by atoms with Gasteiger partial charge in [-0.15, -0.1) is 0 Å². The summed E-state index contributed by atoms with van der Waals surface area (Å²) in [5.74, 6) is -0.530. The van der Waals surface area contributed by atoms with Crippen LogP contribution in [-0.2, 0) is 10.8 Å². The molecule has 0 atom stereocenters. The number of carbonyl (C=O) groups is 1. The maximum Gasteiger partial charge on any atom is 0.347 e. The van der Waals surface area contributed by atoms with Crippen molar-refractivity contribution in [3.05, 3.63) is 91.6 Å². The standard InChI is InChI=1S/C31H29NO5/c1-30(2)11-13-32-14-12-31(3,4)25-26(32)22(30)17-20-15-19(28(34)37-27(20)25)9-10-23(33)21-16-18-7-5-6-8-24(18)36-29(21)35/h5-10,15-17H,11-14H2,1-4H3/b10-9+. The maximum atomic E-state index is 13.1. The summed E-state index contributed by atoms with van der Waals surface area (Å²) in [4.78, 5) is 40.8. The van der Waals surface area contributed by atoms with Crippen LogP contribution in [0, 0.1) is 0 Å². The Bertz CT molecular complexity index is 1750. The van der Waals surface area contributed by atoms with E-state index in [1.165, 1.54) is 29.5 Å². The SMILES string of the molecule is CC1(C)CCN2CCC(C)(C)c3c2c1cc1cc(/C=C/C(=O)c2cc4ccccc4oc2=O)c(=O)oc31. The van der Waals surface area contributed by atoms with Gasteiger partial charge in [0.15, 0.2) is 5.78 Å². The average molecular weight is 496 g/mol. The van der Waals surface area contributed by atoms with Crippen LogP contribution in [0.15, 0.2) is 67.0 Å². The molecule has 188 valence electrons. The Morgan fingerprint density at radius 2 is 1.62 bits per heavy atom. The third-order valence-electron chi connectivity index (χ3n) is 8.08. The second kappa shape index (κ2) is 8.04. The Morgan fingerprint density at radius 1 is 0.892 bits per heavy atom. The van der Waals surface area contributed by atoms with E-state index < -0.39 is 17.0 Å². The molecule has 2 aromatic heterocycles. The number of fused-ring (bicyclic) bond motifs is 3. The molecule has 2 aliphatic rings. The van der Waals surface area contributed by atoms with Crippen molar-refractivity contribution in [2.45, 2.75) is 51.4 Å². The first-order valence-corrected chi connectivity index (χ1v) is 12.7. The molecule has 0 saturated carbocycles. The van der Waals surface area contributed by atoms with E-state index in [2.05, 4.69) is 38.7 Å². The highest BCUT2D eigenvalue weighted by Gasteiger charge is 2.41. The Kier molecular flexibility index (Phi) is 5.10. The predicted molar refractivity (Wildman–Crippen MR) is 146 cm³/mol. The van der Waals surface area contributed by atoms with Crippen LogP contribution in [0.3, 0.4) is 0 Å². The van der Waals surface area contributed by atoms with Crippen molar-refractivity contribution in [1.82, 2.24) is 0 Å². The fraction of sp³-hybridized carbons (Fsp3) is 0.323. The van der Waals surface area contributed by atoms with E-state index in [1.54, 1.807) is 30.3 Å². The highest BCUT2D eigenvalue weighted by molar-refractivity contribution is 6.08. The van der Waals surface area contributed by atoms with E-state index in [4.69, 9.17) is 8.83 Å². The first kappa shape index (κ1) is 23.5. The van der Waals surface area contributed by atoms with Gasteiger partial charge in [-0.3, -0.25) is 4.79 Å². The third kappa shape index (κ3) is 3.74. The first-order valence-electron chi connectivity index (χ1n) is 12.7. The summed E-state index contributed by atoms with van der Waals surface area (Å²) in [6.45, 7) is 10.9. The Labute approximate surface area is 214 Å². The van der Waals surface area contributed by atoms with Gasteiger partial charge in [0.25, 0.3) is 0 Å². The number of allylic oxidation sites excluding steroid dienone is 1. The molecule has 0 unspecified atom stereocenters. The van der Waals surface area contributed by atoms with Crippen molar-refractivity contribution in [2.75, 3.05) is 18.0 Å². The molecule has 0 aliphatic carbocycles. The molecule has 4 heterocycles. The molecule has 0 N–H and O–H groups in total. The van der Waals surface area contributed by atoms with Gasteiger partial charge in [0.05, 0.1) is 5.56 Å². The summed E-state index contributed by atoms with van der Waals surface area (Å²) in [5, 5.41) is 1.50. The smallest absolute Gasteiger partial charge is 0.347 e. The van der Waals surface area contributed by atoms with E-state index in [1.807, 2.05) is 0 Å². The number of carbonyl (C=O) groups excluding carboxylic acids is 1. The van der Waals surface area contributed by atoms with Crippen LogP contribution >= 0.6 is 0 Å². The number of para-hydroxylation sites is 1. The van der Waals surface area contributed by atoms with E-state index >= 15 is 0 Å². The van der Waals surface area contributed by atoms with E-state index in [0.29, 0.717) is 16.6 Å². The quantitative estimate of drug-likeness (QED) is 0.198. The van der Waals surface area contributed by atoms with E-state index in [-0.39, 0.29) is 22.0 Å². The van der Waals surface area contributed by atoms with Gasteiger partial charge in [0, 0.05) is 35.1 Å². The largest absolute Gasteiger partial charge is 0.422 e. The van der Waals surface area contributed by atoms with Gasteiger partial charge in [-0.25, -0.2) is 9.59 Å². The van der Waals surface area contributed by atoms with Crippen molar-refractivity contribution in [2.24, 2.45) is 0 Å². The van der Waals surface area contributed by atoms with Gasteiger partial charge in [-0.2, -0.15) is 0 Å². The lowest BCUT2D eigenvalue weighted by molar-refractivity contribution is 0.104. The van der Waals surface area contributed by atoms with Crippen LogP contribution in [0.1, 0.15) is 67.6 Å². The molecule has 37 heavy (non-hydrogen) atoms. The number of ketones is 1. The number of rotatable bonds is 3. The molecular formula is C31H29NO5. The van der Waals surface area contributed by atoms with Gasteiger partial charge < -0.3 is 13.7 Å². The molecule has 6 nitrogen and oxygen atoms in total. The van der Waals surface area contributed by atoms with Gasteiger partial charge in [-0.05, 0) is 65.7 Å². The van der Waals surface area contributed by atoms with Gasteiger partial charge in [-0.1, -0.05) is 45.9 Å². The monoisotopic (exact) mass is 495 g/mol. The fourth-order valence-electron chi connectivity index (χ4n) is 5.77. The summed E-state index contributed by atoms with van der Waals surface area (Å²) in [6, 6.07) is 12.5. The summed E-state index contributed by atoms with van der Waals surface area (Å²) in [7, 11) is 0. The van der Waals surface area contributed by atoms with Crippen molar-refractivity contribution < 1.29 is 13.6 Å². The van der Waals surface area contributed by atoms with Crippen LogP contribution < -0.4 is 16.2 Å². The third-order valence-corrected chi connectivity index (χ3v) is 8.08. The molecule has 2 aliphatic heterocycles. The highest BCUT2D eigenvalue weighted by Crippen LogP contribution is 2.51. The Balaban J connectivity index is 1.47. The lowest BCUT2D eigenvalue weighted by Crippen LogP contribution is -2.44. The predicted octanol–water partition coefficient (Wildman–Crippen LogP) is 5.96. The molecule has 6 rings (SSSR count). The van der Waals surface area contributed by atoms with E-state index in [9.17, 15) is 14.4 Å². The molecule has 0 spiro atoms. The van der Waals surface area contributed by atoms with Gasteiger partial charge in [0.1, 0.15) is 16.7 Å². The van der Waals surface area contributed by atoms with Crippen LogP contribution in [0.5, 0.6) is 0 Å². The molecule has 0 amide bonds. The summed E-state index contributed by atoms with van der Waals surface area (Å²) in [6.07, 6.45) is 4.69. The summed E-state index contributed by atoms with van der Waals surface area (Å²) >= 11 is 0. The van der Waals surface area contributed by atoms with Crippen molar-refractivity contribution in [3.8, 4) is 0 Å². The molecule has 0 saturated heterocycles. The van der Waals surface area contributed by atoms with Gasteiger partial charge in [0.2, 0.25) is 0 Å². The zero-order valence-corrected chi connectivity index (χ0v) is 21.5. The Hall–Kier alpha value is -3.93. The molecule has 0 bridgehead atoms. The van der Waals surface area contributed by atoms with Gasteiger partial charge >= 0.3 is 11.3 Å². The highest BCUT2D eigenvalue weighted by atomic mass is 16.4. The molecular weight excluding hydrogens is 466 g/mol. The molecule has 4 aromatic rings.